The molecule has 1 aromatic rings. The van der Waals surface area contributed by atoms with Crippen molar-refractivity contribution in [2.24, 2.45) is 11.7 Å². The lowest BCUT2D eigenvalue weighted by Crippen LogP contribution is -2.40. The molecule has 3 N–H and O–H groups in total. The van der Waals surface area contributed by atoms with Gasteiger partial charge in [0.2, 0.25) is 0 Å². The molecular weight excluding hydrogens is 264 g/mol. The first-order chi connectivity index (χ1) is 8.47. The largest absolute Gasteiger partial charge is 0.456 e. The number of rotatable bonds is 6. The van der Waals surface area contributed by atoms with Gasteiger partial charge in [-0.2, -0.15) is 0 Å². The maximum Gasteiger partial charge on any atom is 0.287 e. The van der Waals surface area contributed by atoms with Crippen molar-refractivity contribution in [1.82, 2.24) is 5.32 Å². The molecular formula is C14H25ClN2O2. The van der Waals surface area contributed by atoms with Crippen LogP contribution < -0.4 is 11.1 Å². The average Bonchev–Trinajstić information content (AvgIpc) is 2.69. The number of hydrogen-bond donors (Lipinski definition) is 2. The molecule has 0 fully saturated rings. The van der Waals surface area contributed by atoms with Crippen LogP contribution in [0.25, 0.3) is 0 Å². The van der Waals surface area contributed by atoms with Gasteiger partial charge in [0.15, 0.2) is 5.76 Å². The van der Waals surface area contributed by atoms with Crippen molar-refractivity contribution >= 4 is 18.3 Å². The van der Waals surface area contributed by atoms with E-state index in [1.165, 1.54) is 0 Å². The van der Waals surface area contributed by atoms with E-state index in [0.29, 0.717) is 18.2 Å². The normalized spacial score (nSPS) is 12.1. The van der Waals surface area contributed by atoms with Crippen LogP contribution >= 0.6 is 12.4 Å². The summed E-state index contributed by atoms with van der Waals surface area (Å²) in [6.07, 6.45) is 1.67. The summed E-state index contributed by atoms with van der Waals surface area (Å²) in [6.45, 7) is 8.63. The maximum absolute atomic E-state index is 12.0. The molecule has 110 valence electrons. The molecule has 1 aromatic heterocycles. The Morgan fingerprint density at radius 2 is 2.11 bits per heavy atom. The third-order valence-electron chi connectivity index (χ3n) is 2.94. The Labute approximate surface area is 121 Å². The highest BCUT2D eigenvalue weighted by Crippen LogP contribution is 2.15. The maximum atomic E-state index is 12.0. The van der Waals surface area contributed by atoms with Gasteiger partial charge in [-0.3, -0.25) is 4.79 Å². The quantitative estimate of drug-likeness (QED) is 0.845. The smallest absolute Gasteiger partial charge is 0.287 e. The van der Waals surface area contributed by atoms with Crippen LogP contribution in [0.5, 0.6) is 0 Å². The number of amides is 1. The van der Waals surface area contributed by atoms with Gasteiger partial charge in [-0.05, 0) is 30.9 Å². The van der Waals surface area contributed by atoms with Crippen LogP contribution in [0.1, 0.15) is 49.1 Å². The average molecular weight is 289 g/mol. The molecule has 4 nitrogen and oxygen atoms in total. The molecule has 0 aliphatic heterocycles. The van der Waals surface area contributed by atoms with Gasteiger partial charge < -0.3 is 15.5 Å². The number of hydrogen-bond acceptors (Lipinski definition) is 3. The number of nitrogens with one attached hydrogen (secondary N) is 1. The Balaban J connectivity index is 0.00000324. The third kappa shape index (κ3) is 5.25. The van der Waals surface area contributed by atoms with E-state index in [1.54, 1.807) is 6.07 Å². The molecule has 1 atom stereocenters. The Kier molecular flexibility index (Phi) is 7.79. The fourth-order valence-corrected chi connectivity index (χ4v) is 2.02. The van der Waals surface area contributed by atoms with Crippen molar-refractivity contribution in [3.8, 4) is 0 Å². The van der Waals surface area contributed by atoms with Gasteiger partial charge >= 0.3 is 0 Å². The van der Waals surface area contributed by atoms with Crippen LogP contribution in [0.3, 0.4) is 0 Å². The summed E-state index contributed by atoms with van der Waals surface area (Å²) in [4.78, 5) is 12.0. The summed E-state index contributed by atoms with van der Waals surface area (Å²) >= 11 is 0. The SMILES string of the molecule is CCc1oc(C(=O)NC(CN)CC(C)C)cc1C.Cl. The van der Waals surface area contributed by atoms with Crippen molar-refractivity contribution in [3.05, 3.63) is 23.2 Å². The molecule has 1 unspecified atom stereocenters. The van der Waals surface area contributed by atoms with Gasteiger partial charge in [-0.15, -0.1) is 12.4 Å². The van der Waals surface area contributed by atoms with E-state index in [2.05, 4.69) is 19.2 Å². The molecule has 1 amide bonds. The van der Waals surface area contributed by atoms with Gasteiger partial charge in [-0.25, -0.2) is 0 Å². The predicted octanol–water partition coefficient (Wildman–Crippen LogP) is 2.68. The number of carbonyl (C=O) groups is 1. The van der Waals surface area contributed by atoms with Crippen LogP contribution in [0.4, 0.5) is 0 Å². The Hall–Kier alpha value is -1.00. The van der Waals surface area contributed by atoms with E-state index < -0.39 is 0 Å². The molecule has 0 bridgehead atoms. The number of carbonyl (C=O) groups excluding carboxylic acids is 1. The lowest BCUT2D eigenvalue weighted by molar-refractivity contribution is 0.0904. The number of aryl methyl sites for hydroxylation is 2. The van der Waals surface area contributed by atoms with E-state index in [0.717, 1.165) is 24.2 Å². The summed E-state index contributed by atoms with van der Waals surface area (Å²) in [5.74, 6) is 1.58. The summed E-state index contributed by atoms with van der Waals surface area (Å²) < 4.78 is 5.52. The standard InChI is InChI=1S/C14H24N2O2.ClH/c1-5-12-10(4)7-13(18-12)14(17)16-11(8-15)6-9(2)3;/h7,9,11H,5-6,8,15H2,1-4H3,(H,16,17);1H. The molecule has 19 heavy (non-hydrogen) atoms. The van der Waals surface area contributed by atoms with E-state index in [9.17, 15) is 4.79 Å². The summed E-state index contributed by atoms with van der Waals surface area (Å²) in [5, 5.41) is 2.92. The van der Waals surface area contributed by atoms with Crippen molar-refractivity contribution < 1.29 is 9.21 Å². The minimum atomic E-state index is -0.172. The molecule has 0 radical (unpaired) electrons. The summed E-state index contributed by atoms with van der Waals surface area (Å²) in [7, 11) is 0. The van der Waals surface area contributed by atoms with Crippen molar-refractivity contribution in [2.75, 3.05) is 6.54 Å². The van der Waals surface area contributed by atoms with Crippen LogP contribution in [0, 0.1) is 12.8 Å². The van der Waals surface area contributed by atoms with Crippen molar-refractivity contribution in [3.63, 3.8) is 0 Å². The van der Waals surface area contributed by atoms with Crippen LogP contribution in [0.15, 0.2) is 10.5 Å². The second kappa shape index (κ2) is 8.23. The first-order valence-corrected chi connectivity index (χ1v) is 6.58. The topological polar surface area (TPSA) is 68.3 Å². The van der Waals surface area contributed by atoms with Crippen LogP contribution in [-0.2, 0) is 6.42 Å². The third-order valence-corrected chi connectivity index (χ3v) is 2.94. The van der Waals surface area contributed by atoms with Gasteiger partial charge in [0.05, 0.1) is 0 Å². The number of halogens is 1. The highest BCUT2D eigenvalue weighted by Gasteiger charge is 2.17. The number of furan rings is 1. The molecule has 0 saturated heterocycles. The molecule has 0 saturated carbocycles. The lowest BCUT2D eigenvalue weighted by atomic mass is 10.0. The van der Waals surface area contributed by atoms with Gasteiger partial charge in [-0.1, -0.05) is 20.8 Å². The predicted molar refractivity (Wildman–Crippen MR) is 79.8 cm³/mol. The van der Waals surface area contributed by atoms with Crippen LogP contribution in [0.2, 0.25) is 0 Å². The Morgan fingerprint density at radius 3 is 2.53 bits per heavy atom. The van der Waals surface area contributed by atoms with E-state index >= 15 is 0 Å². The first kappa shape index (κ1) is 18.0. The zero-order valence-electron chi connectivity index (χ0n) is 12.2. The second-order valence-corrected chi connectivity index (χ2v) is 5.11. The zero-order valence-corrected chi connectivity index (χ0v) is 13.0. The minimum Gasteiger partial charge on any atom is -0.456 e. The zero-order chi connectivity index (χ0) is 13.7. The molecule has 1 rings (SSSR count). The lowest BCUT2D eigenvalue weighted by Gasteiger charge is -2.17. The van der Waals surface area contributed by atoms with E-state index in [-0.39, 0.29) is 24.4 Å². The summed E-state index contributed by atoms with van der Waals surface area (Å²) in [5.41, 5.74) is 6.69. The monoisotopic (exact) mass is 288 g/mol. The molecule has 0 spiro atoms. The molecule has 0 aliphatic rings. The fourth-order valence-electron chi connectivity index (χ4n) is 2.02. The molecule has 1 heterocycles. The molecule has 5 heteroatoms. The molecule has 0 aliphatic carbocycles. The van der Waals surface area contributed by atoms with E-state index in [4.69, 9.17) is 10.2 Å². The van der Waals surface area contributed by atoms with Crippen molar-refractivity contribution in [2.45, 2.75) is 46.6 Å². The second-order valence-electron chi connectivity index (χ2n) is 5.11. The highest BCUT2D eigenvalue weighted by molar-refractivity contribution is 5.92. The Morgan fingerprint density at radius 1 is 1.47 bits per heavy atom. The van der Waals surface area contributed by atoms with E-state index in [1.807, 2.05) is 13.8 Å². The fraction of sp³-hybridized carbons (Fsp3) is 0.643. The van der Waals surface area contributed by atoms with Gasteiger partial charge in [0, 0.05) is 19.0 Å². The number of nitrogens with two attached hydrogens (primary N) is 1. The summed E-state index contributed by atoms with van der Waals surface area (Å²) in [6, 6.07) is 1.80. The van der Waals surface area contributed by atoms with Crippen LogP contribution in [-0.4, -0.2) is 18.5 Å². The van der Waals surface area contributed by atoms with Crippen molar-refractivity contribution in [1.29, 1.82) is 0 Å². The van der Waals surface area contributed by atoms with Gasteiger partial charge in [0.1, 0.15) is 5.76 Å². The molecule has 0 aromatic carbocycles. The van der Waals surface area contributed by atoms with Gasteiger partial charge in [0.25, 0.3) is 5.91 Å². The first-order valence-electron chi connectivity index (χ1n) is 6.58. The minimum absolute atomic E-state index is 0. The Bertz CT molecular complexity index is 402. The highest BCUT2D eigenvalue weighted by atomic mass is 35.5.